The Kier molecular flexibility index (Phi) is 12.2. The van der Waals surface area contributed by atoms with Crippen molar-refractivity contribution in [3.63, 3.8) is 0 Å². The average molecular weight is 781 g/mol. The second kappa shape index (κ2) is 17.6. The van der Waals surface area contributed by atoms with Gasteiger partial charge in [0.25, 0.3) is 5.91 Å². The van der Waals surface area contributed by atoms with Crippen molar-refractivity contribution in [2.24, 2.45) is 0 Å². The molecule has 0 fully saturated rings. The first-order chi connectivity index (χ1) is 27.2. The molecular weight excluding hydrogens is 736 g/mol. The number of amides is 2. The maximum Gasteiger partial charge on any atom is 0.343 e. The molecule has 5 aromatic rings. The highest BCUT2D eigenvalue weighted by Crippen LogP contribution is 2.40. The smallest absolute Gasteiger partial charge is 0.343 e. The number of hydrogen-bond acceptors (Lipinski definition) is 9. The highest BCUT2D eigenvalue weighted by atomic mass is 35.5. The number of benzene rings is 3. The molecule has 0 spiro atoms. The second-order valence-electron chi connectivity index (χ2n) is 13.9. The van der Waals surface area contributed by atoms with Gasteiger partial charge in [-0.2, -0.15) is 0 Å². The Morgan fingerprint density at radius 1 is 0.911 bits per heavy atom. The van der Waals surface area contributed by atoms with Crippen molar-refractivity contribution in [3.8, 4) is 5.75 Å². The fraction of sp³-hybridized carbons (Fsp3) is 0.349. The molecule has 2 aliphatic heterocycles. The minimum Gasteiger partial charge on any atom is -0.497 e. The molecule has 0 bridgehead atoms. The summed E-state index contributed by atoms with van der Waals surface area (Å²) in [6, 6.07) is 16.1. The van der Waals surface area contributed by atoms with E-state index in [2.05, 4.69) is 21.6 Å². The van der Waals surface area contributed by atoms with Crippen molar-refractivity contribution in [3.05, 3.63) is 110 Å². The number of nitrogens with one attached hydrogen (secondary N) is 2. The zero-order valence-electron chi connectivity index (χ0n) is 31.6. The normalized spacial score (nSPS) is 13.7. The quantitative estimate of drug-likeness (QED) is 0.0786. The third kappa shape index (κ3) is 8.52. The first kappa shape index (κ1) is 38.8. The summed E-state index contributed by atoms with van der Waals surface area (Å²) in [5, 5.41) is 7.82. The van der Waals surface area contributed by atoms with Crippen LogP contribution in [0.5, 0.6) is 5.75 Å². The molecule has 2 N–H and O–H groups in total. The molecule has 2 amide bonds. The fourth-order valence-electron chi connectivity index (χ4n) is 7.65. The Balaban J connectivity index is 0.818. The monoisotopic (exact) mass is 780 g/mol. The molecule has 0 unspecified atom stereocenters. The second-order valence-corrected chi connectivity index (χ2v) is 14.4. The van der Waals surface area contributed by atoms with Gasteiger partial charge in [0.15, 0.2) is 0 Å². The number of nitrogens with zero attached hydrogens (tertiary/aromatic N) is 2. The number of methoxy groups -OCH3 is 1. The van der Waals surface area contributed by atoms with E-state index >= 15 is 0 Å². The fourth-order valence-corrected chi connectivity index (χ4v) is 7.78. The summed E-state index contributed by atoms with van der Waals surface area (Å²) in [6.07, 6.45) is 6.95. The van der Waals surface area contributed by atoms with Crippen molar-refractivity contribution in [1.82, 2.24) is 15.2 Å². The standard InChI is InChI=1S/C43H45ClN4O8/c1-27-35(36-25-33(53-2)12-13-37(36)48(27)42(51)28-7-10-32(44)11-8-28)26-39(50)46-16-20-55-22-21-54-19-15-45-38(49)14-9-30-24-31-23-29-5-3-17-47-18-4-6-34(40(29)47)41(31)56-43(30)52/h7-14,23-25H,3-6,15-22,26H2,1-2H3,(H,45,49)(H,46,50)/b14-9+. The Hall–Kier alpha value is -5.43. The molecule has 56 heavy (non-hydrogen) atoms. The van der Waals surface area contributed by atoms with Crippen LogP contribution in [0.1, 0.15) is 51.1 Å². The summed E-state index contributed by atoms with van der Waals surface area (Å²) in [7, 11) is 1.57. The van der Waals surface area contributed by atoms with Gasteiger partial charge in [0.1, 0.15) is 11.3 Å². The molecule has 0 saturated carbocycles. The minimum absolute atomic E-state index is 0.0669. The van der Waals surface area contributed by atoms with Crippen LogP contribution in [-0.2, 0) is 38.3 Å². The molecule has 7 rings (SSSR count). The van der Waals surface area contributed by atoms with Gasteiger partial charge >= 0.3 is 5.63 Å². The number of aromatic nitrogens is 1. The van der Waals surface area contributed by atoms with Crippen molar-refractivity contribution in [2.75, 3.05) is 64.6 Å². The van der Waals surface area contributed by atoms with Gasteiger partial charge in [0.05, 0.1) is 51.0 Å². The van der Waals surface area contributed by atoms with Crippen molar-refractivity contribution < 1.29 is 33.0 Å². The van der Waals surface area contributed by atoms with Crippen molar-refractivity contribution in [2.45, 2.75) is 39.0 Å². The van der Waals surface area contributed by atoms with Gasteiger partial charge in [-0.05, 0) is 104 Å². The van der Waals surface area contributed by atoms with E-state index in [9.17, 15) is 19.2 Å². The lowest BCUT2D eigenvalue weighted by atomic mass is 9.90. The van der Waals surface area contributed by atoms with E-state index in [0.717, 1.165) is 60.7 Å². The van der Waals surface area contributed by atoms with Crippen LogP contribution in [0.2, 0.25) is 5.02 Å². The van der Waals surface area contributed by atoms with E-state index in [1.54, 1.807) is 42.0 Å². The number of carbonyl (C=O) groups is 3. The van der Waals surface area contributed by atoms with Crippen LogP contribution in [0, 0.1) is 6.92 Å². The van der Waals surface area contributed by atoms with Crippen LogP contribution in [0.25, 0.3) is 27.9 Å². The van der Waals surface area contributed by atoms with Crippen molar-refractivity contribution in [1.29, 1.82) is 0 Å². The molecule has 4 heterocycles. The maximum absolute atomic E-state index is 13.5. The zero-order chi connectivity index (χ0) is 39.2. The summed E-state index contributed by atoms with van der Waals surface area (Å²) in [4.78, 5) is 54.2. The number of halogens is 1. The summed E-state index contributed by atoms with van der Waals surface area (Å²) in [6.45, 7) is 5.66. The molecular formula is C43H45ClN4O8. The Bertz CT molecular complexity index is 2360. The third-order valence-corrected chi connectivity index (χ3v) is 10.6. The third-order valence-electron chi connectivity index (χ3n) is 10.3. The van der Waals surface area contributed by atoms with Crippen LogP contribution >= 0.6 is 11.6 Å². The molecule has 0 aliphatic carbocycles. The Labute approximate surface area is 329 Å². The zero-order valence-corrected chi connectivity index (χ0v) is 32.3. The predicted molar refractivity (Wildman–Crippen MR) is 216 cm³/mol. The molecule has 0 radical (unpaired) electrons. The number of anilines is 1. The van der Waals surface area contributed by atoms with Gasteiger partial charge in [-0.25, -0.2) is 4.79 Å². The number of rotatable bonds is 15. The van der Waals surface area contributed by atoms with Crippen LogP contribution in [0.15, 0.2) is 69.9 Å². The highest BCUT2D eigenvalue weighted by Gasteiger charge is 2.27. The predicted octanol–water partition coefficient (Wildman–Crippen LogP) is 5.63. The van der Waals surface area contributed by atoms with Gasteiger partial charge in [0.2, 0.25) is 11.8 Å². The number of carbonyl (C=O) groups excluding carboxylic acids is 3. The molecule has 12 nitrogen and oxygen atoms in total. The van der Waals surface area contributed by atoms with Crippen LogP contribution in [-0.4, -0.2) is 82.0 Å². The highest BCUT2D eigenvalue weighted by molar-refractivity contribution is 6.30. The van der Waals surface area contributed by atoms with E-state index in [1.807, 2.05) is 25.1 Å². The van der Waals surface area contributed by atoms with Crippen LogP contribution < -0.4 is 25.9 Å². The van der Waals surface area contributed by atoms with Crippen LogP contribution in [0.3, 0.4) is 0 Å². The summed E-state index contributed by atoms with van der Waals surface area (Å²) < 4.78 is 24.0. The van der Waals surface area contributed by atoms with Crippen molar-refractivity contribution >= 4 is 63.0 Å². The molecule has 3 aromatic carbocycles. The molecule has 2 aromatic heterocycles. The van der Waals surface area contributed by atoms with E-state index in [-0.39, 0.29) is 43.9 Å². The summed E-state index contributed by atoms with van der Waals surface area (Å²) >= 11 is 6.03. The molecule has 0 atom stereocenters. The minimum atomic E-state index is -0.461. The van der Waals surface area contributed by atoms with Gasteiger partial charge in [-0.1, -0.05) is 11.6 Å². The van der Waals surface area contributed by atoms with Crippen LogP contribution in [0.4, 0.5) is 5.69 Å². The summed E-state index contributed by atoms with van der Waals surface area (Å²) in [5.74, 6) is -0.153. The molecule has 292 valence electrons. The topological polar surface area (TPSA) is 141 Å². The summed E-state index contributed by atoms with van der Waals surface area (Å²) in [5.41, 5.74) is 6.76. The number of hydrogen-bond donors (Lipinski definition) is 2. The first-order valence-corrected chi connectivity index (χ1v) is 19.3. The SMILES string of the molecule is COc1ccc2c(c1)c(CC(=O)NCCOCCOCCNC(=O)/C=C/c1cc3cc4c5c(c3oc1=O)CCCN5CCC4)c(C)n2C(=O)c1ccc(Cl)cc1. The molecule has 0 saturated heterocycles. The molecule has 13 heteroatoms. The lowest BCUT2D eigenvalue weighted by Gasteiger charge is -2.37. The average Bonchev–Trinajstić information content (AvgIpc) is 3.47. The van der Waals surface area contributed by atoms with Gasteiger partial charge in [-0.15, -0.1) is 0 Å². The lowest BCUT2D eigenvalue weighted by Crippen LogP contribution is -2.34. The first-order valence-electron chi connectivity index (χ1n) is 19.0. The van der Waals surface area contributed by atoms with Gasteiger partial charge in [-0.3, -0.25) is 19.0 Å². The van der Waals surface area contributed by atoms with E-state index < -0.39 is 5.63 Å². The van der Waals surface area contributed by atoms with E-state index in [1.165, 1.54) is 23.4 Å². The van der Waals surface area contributed by atoms with Gasteiger partial charge < -0.3 is 34.2 Å². The Morgan fingerprint density at radius 3 is 2.39 bits per heavy atom. The number of fused-ring (bicyclic) bond motifs is 3. The van der Waals surface area contributed by atoms with E-state index in [0.29, 0.717) is 58.5 Å². The number of aryl methyl sites for hydroxylation is 2. The largest absolute Gasteiger partial charge is 0.497 e. The number of ether oxygens (including phenoxy) is 3. The molecule has 2 aliphatic rings. The Morgan fingerprint density at radius 2 is 1.64 bits per heavy atom. The van der Waals surface area contributed by atoms with Gasteiger partial charge in [0, 0.05) is 70.6 Å². The van der Waals surface area contributed by atoms with E-state index in [4.69, 9.17) is 30.2 Å². The lowest BCUT2D eigenvalue weighted by molar-refractivity contribution is -0.120. The maximum atomic E-state index is 13.5.